The highest BCUT2D eigenvalue weighted by Gasteiger charge is 2.40. The van der Waals surface area contributed by atoms with Crippen LogP contribution in [0.2, 0.25) is 0 Å². The molecule has 0 atom stereocenters. The van der Waals surface area contributed by atoms with Crippen molar-refractivity contribution in [1.82, 2.24) is 0 Å². The van der Waals surface area contributed by atoms with Crippen LogP contribution in [0.25, 0.3) is 0 Å². The van der Waals surface area contributed by atoms with Crippen molar-refractivity contribution in [2.24, 2.45) is 5.90 Å². The molecule has 0 bridgehead atoms. The molecule has 0 spiro atoms. The Balaban J connectivity index is 4.49. The van der Waals surface area contributed by atoms with Crippen molar-refractivity contribution in [1.29, 1.82) is 0 Å². The smallest absolute Gasteiger partial charge is 0.229 e. The molecule has 0 radical (unpaired) electrons. The van der Waals surface area contributed by atoms with E-state index in [0.29, 0.717) is 0 Å². The molecular formula is C3H2F5NO. The maximum Gasteiger partial charge on any atom is 0.429 e. The van der Waals surface area contributed by atoms with Gasteiger partial charge in [0.05, 0.1) is 0 Å². The van der Waals surface area contributed by atoms with Crippen LogP contribution in [0, 0.1) is 0 Å². The topological polar surface area (TPSA) is 35.2 Å². The summed E-state index contributed by atoms with van der Waals surface area (Å²) in [5.41, 5.74) is 0. The van der Waals surface area contributed by atoms with E-state index >= 15 is 0 Å². The third-order valence-corrected chi connectivity index (χ3v) is 0.569. The second-order valence-corrected chi connectivity index (χ2v) is 1.21. The molecule has 0 fully saturated rings. The number of alkyl halides is 2. The minimum Gasteiger partial charge on any atom is -0.229 e. The maximum absolute atomic E-state index is 11.5. The van der Waals surface area contributed by atoms with Gasteiger partial charge in [0, 0.05) is 0 Å². The molecule has 0 aliphatic rings. The fourth-order valence-electron chi connectivity index (χ4n) is 0.162. The van der Waals surface area contributed by atoms with Crippen LogP contribution < -0.4 is 5.90 Å². The summed E-state index contributed by atoms with van der Waals surface area (Å²) in [6, 6.07) is 0. The lowest BCUT2D eigenvalue weighted by atomic mass is 10.5. The SMILES string of the molecule is NOC(F)(F)C(F)=C(F)F. The van der Waals surface area contributed by atoms with Crippen LogP contribution in [0.5, 0.6) is 0 Å². The van der Waals surface area contributed by atoms with Crippen LogP contribution in [0.1, 0.15) is 0 Å². The van der Waals surface area contributed by atoms with E-state index < -0.39 is 18.0 Å². The molecule has 0 aliphatic carbocycles. The minimum absolute atomic E-state index is 2.61. The molecule has 2 nitrogen and oxygen atoms in total. The molecule has 0 aromatic carbocycles. The van der Waals surface area contributed by atoms with Gasteiger partial charge < -0.3 is 0 Å². The Morgan fingerprint density at radius 2 is 1.60 bits per heavy atom. The van der Waals surface area contributed by atoms with Crippen LogP contribution >= 0.6 is 0 Å². The summed E-state index contributed by atoms with van der Waals surface area (Å²) in [6.45, 7) is 0. The number of halogens is 5. The van der Waals surface area contributed by atoms with Crippen molar-refractivity contribution in [3.8, 4) is 0 Å². The molecule has 60 valence electrons. The third-order valence-electron chi connectivity index (χ3n) is 0.569. The molecule has 7 heteroatoms. The molecule has 0 aromatic rings. The van der Waals surface area contributed by atoms with Gasteiger partial charge in [0.25, 0.3) is 5.83 Å². The zero-order chi connectivity index (χ0) is 8.36. The van der Waals surface area contributed by atoms with E-state index in [1.165, 1.54) is 0 Å². The standard InChI is InChI=1S/C3H2F5NO/c4-1(2(5)6)3(7,8)10-9/h9H2. The van der Waals surface area contributed by atoms with E-state index in [0.717, 1.165) is 0 Å². The predicted molar refractivity (Wildman–Crippen MR) is 20.6 cm³/mol. The number of rotatable bonds is 2. The maximum atomic E-state index is 11.5. The van der Waals surface area contributed by atoms with Gasteiger partial charge >= 0.3 is 12.2 Å². The first-order chi connectivity index (χ1) is 4.41. The van der Waals surface area contributed by atoms with E-state index in [9.17, 15) is 22.0 Å². The molecule has 10 heavy (non-hydrogen) atoms. The molecule has 0 saturated carbocycles. The molecular weight excluding hydrogens is 161 g/mol. The lowest BCUT2D eigenvalue weighted by Crippen LogP contribution is -2.25. The first-order valence-corrected chi connectivity index (χ1v) is 1.88. The molecule has 0 rings (SSSR count). The molecule has 0 aliphatic heterocycles. The molecule has 0 amide bonds. The van der Waals surface area contributed by atoms with Crippen molar-refractivity contribution in [2.75, 3.05) is 0 Å². The third kappa shape index (κ3) is 1.92. The fourth-order valence-corrected chi connectivity index (χ4v) is 0.162. The second-order valence-electron chi connectivity index (χ2n) is 1.21. The summed E-state index contributed by atoms with van der Waals surface area (Å²) in [6.07, 6.45) is -7.89. The molecule has 0 unspecified atom stereocenters. The lowest BCUT2D eigenvalue weighted by Gasteiger charge is -2.08. The number of nitrogens with two attached hydrogens (primary N) is 1. The Labute approximate surface area is 52.0 Å². The quantitative estimate of drug-likeness (QED) is 0.495. The average Bonchev–Trinajstić information content (AvgIpc) is 1.86. The van der Waals surface area contributed by atoms with Gasteiger partial charge in [0.15, 0.2) is 0 Å². The Bertz CT molecular complexity index is 151. The van der Waals surface area contributed by atoms with Gasteiger partial charge in [-0.15, -0.1) is 0 Å². The summed E-state index contributed by atoms with van der Waals surface area (Å²) in [5, 5.41) is 0. The van der Waals surface area contributed by atoms with Crippen LogP contribution in [-0.4, -0.2) is 6.11 Å². The highest BCUT2D eigenvalue weighted by atomic mass is 19.3. The fraction of sp³-hybridized carbons (Fsp3) is 0.333. The van der Waals surface area contributed by atoms with E-state index in [2.05, 4.69) is 10.7 Å². The van der Waals surface area contributed by atoms with Gasteiger partial charge in [-0.1, -0.05) is 0 Å². The summed E-state index contributed by atoms with van der Waals surface area (Å²) < 4.78 is 56.6. The first kappa shape index (κ1) is 9.31. The molecule has 0 aromatic heterocycles. The van der Waals surface area contributed by atoms with Crippen LogP contribution in [-0.2, 0) is 4.84 Å². The van der Waals surface area contributed by atoms with Crippen molar-refractivity contribution in [3.05, 3.63) is 11.9 Å². The van der Waals surface area contributed by atoms with Crippen LogP contribution in [0.15, 0.2) is 11.9 Å². The Kier molecular flexibility index (Phi) is 2.73. The highest BCUT2D eigenvalue weighted by molar-refractivity contribution is 4.99. The van der Waals surface area contributed by atoms with E-state index in [1.54, 1.807) is 0 Å². The van der Waals surface area contributed by atoms with E-state index in [-0.39, 0.29) is 0 Å². The molecule has 2 N–H and O–H groups in total. The van der Waals surface area contributed by atoms with Crippen LogP contribution in [0.3, 0.4) is 0 Å². The monoisotopic (exact) mass is 163 g/mol. The van der Waals surface area contributed by atoms with Gasteiger partial charge in [-0.05, 0) is 0 Å². The summed E-state index contributed by atoms with van der Waals surface area (Å²) >= 11 is 0. The Morgan fingerprint density at radius 1 is 1.20 bits per heavy atom. The Hall–Kier alpha value is -0.690. The first-order valence-electron chi connectivity index (χ1n) is 1.88. The van der Waals surface area contributed by atoms with Gasteiger partial charge in [-0.2, -0.15) is 22.0 Å². The summed E-state index contributed by atoms with van der Waals surface area (Å²) in [4.78, 5) is 2.61. The van der Waals surface area contributed by atoms with Gasteiger partial charge in [-0.25, -0.2) is 10.7 Å². The van der Waals surface area contributed by atoms with Crippen molar-refractivity contribution >= 4 is 0 Å². The van der Waals surface area contributed by atoms with Gasteiger partial charge in [0.1, 0.15) is 0 Å². The number of hydrogen-bond donors (Lipinski definition) is 1. The molecule has 0 heterocycles. The normalized spacial score (nSPS) is 11.4. The van der Waals surface area contributed by atoms with Crippen LogP contribution in [0.4, 0.5) is 22.0 Å². The van der Waals surface area contributed by atoms with Crippen molar-refractivity contribution in [3.63, 3.8) is 0 Å². The van der Waals surface area contributed by atoms with Gasteiger partial charge in [-0.3, -0.25) is 0 Å². The van der Waals surface area contributed by atoms with E-state index in [4.69, 9.17) is 0 Å². The van der Waals surface area contributed by atoms with Gasteiger partial charge in [0.2, 0.25) is 0 Å². The van der Waals surface area contributed by atoms with Crippen molar-refractivity contribution < 1.29 is 26.8 Å². The second kappa shape index (κ2) is 2.93. The minimum atomic E-state index is -4.74. The predicted octanol–water partition coefficient (Wildman–Crippen LogP) is 1.55. The van der Waals surface area contributed by atoms with Crippen molar-refractivity contribution in [2.45, 2.75) is 6.11 Å². The highest BCUT2D eigenvalue weighted by Crippen LogP contribution is 2.28. The lowest BCUT2D eigenvalue weighted by molar-refractivity contribution is -0.226. The summed E-state index contributed by atoms with van der Waals surface area (Å²) in [5.74, 6) is 0.811. The number of hydrogen-bond acceptors (Lipinski definition) is 2. The zero-order valence-electron chi connectivity index (χ0n) is 4.38. The largest absolute Gasteiger partial charge is 0.429 e. The zero-order valence-corrected chi connectivity index (χ0v) is 4.38. The average molecular weight is 163 g/mol. The molecule has 0 saturated heterocycles. The summed E-state index contributed by atoms with van der Waals surface area (Å²) in [7, 11) is 0. The Morgan fingerprint density at radius 3 is 1.70 bits per heavy atom. The van der Waals surface area contributed by atoms with E-state index in [1.807, 2.05) is 0 Å².